The molecule has 0 aliphatic rings. The van der Waals surface area contributed by atoms with Crippen LogP contribution in [0.5, 0.6) is 0 Å². The minimum Gasteiger partial charge on any atom is -0.205 e. The van der Waals surface area contributed by atoms with Gasteiger partial charge in [0.2, 0.25) is 0 Å². The Kier molecular flexibility index (Phi) is 3.16. The van der Waals surface area contributed by atoms with Gasteiger partial charge in [-0.05, 0) is 6.07 Å². The molecule has 0 bridgehead atoms. The van der Waals surface area contributed by atoms with Crippen molar-refractivity contribution in [2.75, 3.05) is 0 Å². The summed E-state index contributed by atoms with van der Waals surface area (Å²) in [6.45, 7) is 0. The van der Waals surface area contributed by atoms with E-state index in [2.05, 4.69) is 0 Å². The first-order valence-corrected chi connectivity index (χ1v) is 4.24. The molecule has 0 N–H and O–H groups in total. The van der Waals surface area contributed by atoms with Crippen LogP contribution >= 0.6 is 34.8 Å². The van der Waals surface area contributed by atoms with Crippen LogP contribution in [0.4, 0.5) is 8.78 Å². The van der Waals surface area contributed by atoms with E-state index in [9.17, 15) is 8.78 Å². The second kappa shape index (κ2) is 3.77. The highest BCUT2D eigenvalue weighted by Gasteiger charge is 2.14. The Labute approximate surface area is 83.0 Å². The molecule has 0 atom stereocenters. The molecule has 0 aliphatic carbocycles. The molecular formula is C7H3Cl3F2. The molecule has 0 nitrogen and oxygen atoms in total. The van der Waals surface area contributed by atoms with Crippen molar-refractivity contribution in [3.05, 3.63) is 33.3 Å². The van der Waals surface area contributed by atoms with Gasteiger partial charge in [-0.2, -0.15) is 0 Å². The van der Waals surface area contributed by atoms with Crippen molar-refractivity contribution in [1.82, 2.24) is 0 Å². The molecule has 0 unspecified atom stereocenters. The Morgan fingerprint density at radius 3 is 2.25 bits per heavy atom. The van der Waals surface area contributed by atoms with E-state index in [1.165, 1.54) is 0 Å². The van der Waals surface area contributed by atoms with Crippen molar-refractivity contribution in [3.63, 3.8) is 0 Å². The monoisotopic (exact) mass is 230 g/mol. The SMILES string of the molecule is Fc1c(Cl)cc(CCl)c(F)c1Cl. The minimum atomic E-state index is -0.954. The Bertz CT molecular complexity index is 312. The lowest BCUT2D eigenvalue weighted by atomic mass is 10.2. The maximum absolute atomic E-state index is 12.9. The minimum absolute atomic E-state index is 0.0908. The largest absolute Gasteiger partial charge is 0.205 e. The zero-order valence-electron chi connectivity index (χ0n) is 5.67. The van der Waals surface area contributed by atoms with Crippen molar-refractivity contribution in [2.24, 2.45) is 0 Å². The molecule has 12 heavy (non-hydrogen) atoms. The number of hydrogen-bond acceptors (Lipinski definition) is 0. The third-order valence-corrected chi connectivity index (χ3v) is 2.22. The van der Waals surface area contributed by atoms with Crippen LogP contribution in [0.2, 0.25) is 10.0 Å². The molecule has 1 aromatic rings. The van der Waals surface area contributed by atoms with Gasteiger partial charge < -0.3 is 0 Å². The second-order valence-electron chi connectivity index (χ2n) is 2.09. The molecular weight excluding hydrogens is 228 g/mol. The normalized spacial score (nSPS) is 10.4. The first kappa shape index (κ1) is 10.0. The smallest absolute Gasteiger partial charge is 0.163 e. The molecule has 0 saturated heterocycles. The van der Waals surface area contributed by atoms with E-state index in [1.807, 2.05) is 0 Å². The molecule has 0 radical (unpaired) electrons. The summed E-state index contributed by atoms with van der Waals surface area (Å²) in [7, 11) is 0. The molecule has 0 saturated carbocycles. The molecule has 0 spiro atoms. The van der Waals surface area contributed by atoms with Gasteiger partial charge in [0.15, 0.2) is 5.82 Å². The van der Waals surface area contributed by atoms with E-state index in [0.717, 1.165) is 6.07 Å². The fourth-order valence-corrected chi connectivity index (χ4v) is 1.41. The first-order chi connectivity index (χ1) is 5.57. The Balaban J connectivity index is 3.39. The Morgan fingerprint density at radius 2 is 1.75 bits per heavy atom. The maximum atomic E-state index is 12.9. The average Bonchev–Trinajstić information content (AvgIpc) is 2.08. The summed E-state index contributed by atoms with van der Waals surface area (Å²) in [5.74, 6) is -1.90. The fourth-order valence-electron chi connectivity index (χ4n) is 0.719. The zero-order valence-corrected chi connectivity index (χ0v) is 7.94. The number of halogens is 5. The van der Waals surface area contributed by atoms with Crippen LogP contribution in [0.15, 0.2) is 6.07 Å². The molecule has 66 valence electrons. The van der Waals surface area contributed by atoms with Crippen LogP contribution in [0.25, 0.3) is 0 Å². The van der Waals surface area contributed by atoms with Gasteiger partial charge >= 0.3 is 0 Å². The quantitative estimate of drug-likeness (QED) is 0.389. The summed E-state index contributed by atoms with van der Waals surface area (Å²) in [4.78, 5) is 0. The third kappa shape index (κ3) is 1.65. The Hall–Kier alpha value is -0.0500. The number of hydrogen-bond donors (Lipinski definition) is 0. The third-order valence-electron chi connectivity index (χ3n) is 1.32. The van der Waals surface area contributed by atoms with Gasteiger partial charge in [0.25, 0.3) is 0 Å². The van der Waals surface area contributed by atoms with Crippen molar-refractivity contribution in [3.8, 4) is 0 Å². The molecule has 0 heterocycles. The Morgan fingerprint density at radius 1 is 1.17 bits per heavy atom. The predicted octanol–water partition coefficient (Wildman–Crippen LogP) is 4.01. The molecule has 0 fully saturated rings. The van der Waals surface area contributed by atoms with E-state index in [1.54, 1.807) is 0 Å². The van der Waals surface area contributed by atoms with E-state index in [0.29, 0.717) is 0 Å². The van der Waals surface area contributed by atoms with Crippen LogP contribution in [-0.2, 0) is 5.88 Å². The van der Waals surface area contributed by atoms with E-state index in [4.69, 9.17) is 34.8 Å². The highest BCUT2D eigenvalue weighted by Crippen LogP contribution is 2.29. The average molecular weight is 231 g/mol. The van der Waals surface area contributed by atoms with Gasteiger partial charge in [-0.15, -0.1) is 11.6 Å². The predicted molar refractivity (Wildman–Crippen MR) is 45.9 cm³/mol. The highest BCUT2D eigenvalue weighted by atomic mass is 35.5. The lowest BCUT2D eigenvalue weighted by molar-refractivity contribution is 0.577. The summed E-state index contributed by atoms with van der Waals surface area (Å²) in [5.41, 5.74) is 0.0908. The molecule has 0 aromatic heterocycles. The lowest BCUT2D eigenvalue weighted by Gasteiger charge is -2.03. The summed E-state index contributed by atoms with van der Waals surface area (Å²) in [6, 6.07) is 1.12. The van der Waals surface area contributed by atoms with Gasteiger partial charge in [-0.3, -0.25) is 0 Å². The van der Waals surface area contributed by atoms with Crippen LogP contribution in [-0.4, -0.2) is 0 Å². The van der Waals surface area contributed by atoms with E-state index in [-0.39, 0.29) is 16.5 Å². The maximum Gasteiger partial charge on any atom is 0.163 e. The summed E-state index contributed by atoms with van der Waals surface area (Å²) in [6.07, 6.45) is 0. The lowest BCUT2D eigenvalue weighted by Crippen LogP contribution is -1.92. The van der Waals surface area contributed by atoms with Gasteiger partial charge in [0.1, 0.15) is 10.8 Å². The van der Waals surface area contributed by atoms with Crippen LogP contribution < -0.4 is 0 Å². The van der Waals surface area contributed by atoms with Crippen molar-refractivity contribution in [1.29, 1.82) is 0 Å². The number of alkyl halides is 1. The molecule has 1 aromatic carbocycles. The molecule has 5 heteroatoms. The van der Waals surface area contributed by atoms with E-state index >= 15 is 0 Å². The van der Waals surface area contributed by atoms with Gasteiger partial charge in [0.05, 0.1) is 10.9 Å². The standard InChI is InChI=1S/C7H3Cl3F2/c8-2-3-1-4(9)7(12)5(10)6(3)11/h1H,2H2. The van der Waals surface area contributed by atoms with Crippen molar-refractivity contribution < 1.29 is 8.78 Å². The van der Waals surface area contributed by atoms with Gasteiger partial charge in [-0.25, -0.2) is 8.78 Å². The van der Waals surface area contributed by atoms with Crippen LogP contribution in [0.1, 0.15) is 5.56 Å². The van der Waals surface area contributed by atoms with Crippen LogP contribution in [0, 0.1) is 11.6 Å². The van der Waals surface area contributed by atoms with Crippen molar-refractivity contribution in [2.45, 2.75) is 5.88 Å². The molecule has 0 amide bonds. The summed E-state index contributed by atoms with van der Waals surface area (Å²) < 4.78 is 25.7. The fraction of sp³-hybridized carbons (Fsp3) is 0.143. The number of rotatable bonds is 1. The van der Waals surface area contributed by atoms with Crippen molar-refractivity contribution >= 4 is 34.8 Å². The highest BCUT2D eigenvalue weighted by molar-refractivity contribution is 6.35. The van der Waals surface area contributed by atoms with Crippen LogP contribution in [0.3, 0.4) is 0 Å². The second-order valence-corrected chi connectivity index (χ2v) is 3.15. The van der Waals surface area contributed by atoms with Gasteiger partial charge in [0, 0.05) is 5.56 Å². The molecule has 1 rings (SSSR count). The first-order valence-electron chi connectivity index (χ1n) is 2.95. The van der Waals surface area contributed by atoms with E-state index < -0.39 is 16.7 Å². The van der Waals surface area contributed by atoms with Gasteiger partial charge in [-0.1, -0.05) is 23.2 Å². The summed E-state index contributed by atoms with van der Waals surface area (Å²) in [5, 5.41) is -0.838. The zero-order chi connectivity index (χ0) is 9.30. The summed E-state index contributed by atoms with van der Waals surface area (Å²) >= 11 is 16.0. The molecule has 0 aliphatic heterocycles. The number of benzene rings is 1. The topological polar surface area (TPSA) is 0 Å².